The molecular formula is C17H32N2O2. The molecule has 0 unspecified atom stereocenters. The van der Waals surface area contributed by atoms with Gasteiger partial charge in [0.2, 0.25) is 5.91 Å². The molecule has 0 aromatic heterocycles. The number of amides is 1. The Morgan fingerprint density at radius 3 is 2.52 bits per heavy atom. The number of nitrogens with one attached hydrogen (secondary N) is 1. The summed E-state index contributed by atoms with van der Waals surface area (Å²) >= 11 is 0. The molecule has 4 nitrogen and oxygen atoms in total. The van der Waals surface area contributed by atoms with Gasteiger partial charge in [-0.1, -0.05) is 39.0 Å². The lowest BCUT2D eigenvalue weighted by atomic mass is 9.91. The summed E-state index contributed by atoms with van der Waals surface area (Å²) in [6.07, 6.45) is 11.4. The number of likely N-dealkylation sites (tertiary alicyclic amines) is 1. The van der Waals surface area contributed by atoms with Crippen molar-refractivity contribution in [2.24, 2.45) is 0 Å². The lowest BCUT2D eigenvalue weighted by Crippen LogP contribution is -2.55. The van der Waals surface area contributed by atoms with Gasteiger partial charge >= 0.3 is 0 Å². The van der Waals surface area contributed by atoms with E-state index < -0.39 is 0 Å². The van der Waals surface area contributed by atoms with Crippen LogP contribution in [0.3, 0.4) is 0 Å². The molecule has 1 amide bonds. The van der Waals surface area contributed by atoms with Gasteiger partial charge < -0.3 is 10.4 Å². The Bertz CT molecular complexity index is 325. The predicted molar refractivity (Wildman–Crippen MR) is 85.2 cm³/mol. The number of aliphatic hydroxyl groups is 1. The molecule has 1 heterocycles. The summed E-state index contributed by atoms with van der Waals surface area (Å²) in [6, 6.07) is 0.559. The monoisotopic (exact) mass is 296 g/mol. The Morgan fingerprint density at radius 2 is 1.90 bits per heavy atom. The van der Waals surface area contributed by atoms with Crippen LogP contribution in [-0.2, 0) is 4.79 Å². The van der Waals surface area contributed by atoms with Gasteiger partial charge in [0.25, 0.3) is 0 Å². The van der Waals surface area contributed by atoms with E-state index in [0.29, 0.717) is 12.6 Å². The summed E-state index contributed by atoms with van der Waals surface area (Å²) in [5.41, 5.74) is -0.356. The lowest BCUT2D eigenvalue weighted by molar-refractivity contribution is -0.126. The number of hydrogen-bond donors (Lipinski definition) is 2. The second kappa shape index (κ2) is 8.14. The van der Waals surface area contributed by atoms with Crippen LogP contribution in [0.25, 0.3) is 0 Å². The number of rotatable bonds is 5. The standard InChI is InChI=1S/C17H32N2O2/c1-2-15-9-5-8-12-19(15)13-16(21)18-17(14-20)10-6-3-4-7-11-17/h15,20H,2-14H2,1H3,(H,18,21)/t15-/m1/s1. The minimum atomic E-state index is -0.356. The van der Waals surface area contributed by atoms with E-state index in [9.17, 15) is 9.90 Å². The second-order valence-corrected chi connectivity index (χ2v) is 6.93. The summed E-state index contributed by atoms with van der Waals surface area (Å²) in [4.78, 5) is 14.8. The number of carbonyl (C=O) groups excluding carboxylic acids is 1. The fourth-order valence-electron chi connectivity index (χ4n) is 3.98. The van der Waals surface area contributed by atoms with Crippen LogP contribution in [0.2, 0.25) is 0 Å². The van der Waals surface area contributed by atoms with Gasteiger partial charge in [0.1, 0.15) is 0 Å². The third-order valence-corrected chi connectivity index (χ3v) is 5.33. The first-order valence-corrected chi connectivity index (χ1v) is 8.85. The maximum Gasteiger partial charge on any atom is 0.234 e. The van der Waals surface area contributed by atoms with Crippen molar-refractivity contribution in [1.82, 2.24) is 10.2 Å². The maximum atomic E-state index is 12.5. The fraction of sp³-hybridized carbons (Fsp3) is 0.941. The Kier molecular flexibility index (Phi) is 6.49. The summed E-state index contributed by atoms with van der Waals surface area (Å²) in [5, 5.41) is 13.0. The van der Waals surface area contributed by atoms with Gasteiger partial charge in [-0.3, -0.25) is 9.69 Å². The molecule has 1 atom stereocenters. The summed E-state index contributed by atoms with van der Waals surface area (Å²) in [5.74, 6) is 0.103. The Balaban J connectivity index is 1.89. The molecule has 2 N–H and O–H groups in total. The molecular weight excluding hydrogens is 264 g/mol. The summed E-state index contributed by atoms with van der Waals surface area (Å²) in [6.45, 7) is 3.83. The van der Waals surface area contributed by atoms with Crippen molar-refractivity contribution in [1.29, 1.82) is 0 Å². The Morgan fingerprint density at radius 1 is 1.19 bits per heavy atom. The van der Waals surface area contributed by atoms with Gasteiger partial charge in [0.15, 0.2) is 0 Å². The highest BCUT2D eigenvalue weighted by Crippen LogP contribution is 2.27. The molecule has 2 aliphatic rings. The minimum absolute atomic E-state index is 0.0793. The first-order chi connectivity index (χ1) is 10.2. The summed E-state index contributed by atoms with van der Waals surface area (Å²) in [7, 11) is 0. The first kappa shape index (κ1) is 16.8. The SMILES string of the molecule is CC[C@@H]1CCCCN1CC(=O)NC1(CO)CCCCCC1. The molecule has 0 aromatic carbocycles. The quantitative estimate of drug-likeness (QED) is 0.766. The molecule has 0 aromatic rings. The highest BCUT2D eigenvalue weighted by atomic mass is 16.3. The van der Waals surface area contributed by atoms with E-state index in [1.54, 1.807) is 0 Å². The van der Waals surface area contributed by atoms with Crippen molar-refractivity contribution in [3.8, 4) is 0 Å². The Labute approximate surface area is 129 Å². The number of piperidine rings is 1. The van der Waals surface area contributed by atoms with E-state index in [4.69, 9.17) is 0 Å². The molecule has 0 spiro atoms. The van der Waals surface area contributed by atoms with Gasteiger partial charge in [-0.15, -0.1) is 0 Å². The lowest BCUT2D eigenvalue weighted by Gasteiger charge is -2.37. The third-order valence-electron chi connectivity index (χ3n) is 5.33. The van der Waals surface area contributed by atoms with E-state index in [2.05, 4.69) is 17.1 Å². The van der Waals surface area contributed by atoms with Crippen LogP contribution in [0.5, 0.6) is 0 Å². The van der Waals surface area contributed by atoms with Crippen molar-refractivity contribution >= 4 is 5.91 Å². The van der Waals surface area contributed by atoms with Crippen molar-refractivity contribution in [2.75, 3.05) is 19.7 Å². The van der Waals surface area contributed by atoms with Gasteiger partial charge in [-0.2, -0.15) is 0 Å². The first-order valence-electron chi connectivity index (χ1n) is 8.85. The highest BCUT2D eigenvalue weighted by Gasteiger charge is 2.33. The van der Waals surface area contributed by atoms with E-state index in [1.165, 1.54) is 32.1 Å². The van der Waals surface area contributed by atoms with Crippen molar-refractivity contribution in [3.05, 3.63) is 0 Å². The number of hydrogen-bond acceptors (Lipinski definition) is 3. The molecule has 2 rings (SSSR count). The number of nitrogens with zero attached hydrogens (tertiary/aromatic N) is 1. The predicted octanol–water partition coefficient (Wildman–Crippen LogP) is 2.45. The average Bonchev–Trinajstić information content (AvgIpc) is 2.74. The molecule has 4 heteroatoms. The molecule has 1 aliphatic carbocycles. The molecule has 1 saturated carbocycles. The van der Waals surface area contributed by atoms with Crippen molar-refractivity contribution in [2.45, 2.75) is 82.7 Å². The van der Waals surface area contributed by atoms with Crippen LogP contribution in [0.4, 0.5) is 0 Å². The molecule has 21 heavy (non-hydrogen) atoms. The normalized spacial score (nSPS) is 27.0. The topological polar surface area (TPSA) is 52.6 Å². The van der Waals surface area contributed by atoms with Crippen LogP contribution in [0, 0.1) is 0 Å². The Hall–Kier alpha value is -0.610. The molecule has 1 aliphatic heterocycles. The van der Waals surface area contributed by atoms with E-state index >= 15 is 0 Å². The number of aliphatic hydroxyl groups excluding tert-OH is 1. The average molecular weight is 296 g/mol. The van der Waals surface area contributed by atoms with Crippen LogP contribution in [-0.4, -0.2) is 47.2 Å². The maximum absolute atomic E-state index is 12.5. The third kappa shape index (κ3) is 4.68. The molecule has 1 saturated heterocycles. The van der Waals surface area contributed by atoms with Crippen LogP contribution in [0.1, 0.15) is 71.1 Å². The van der Waals surface area contributed by atoms with Gasteiger partial charge in [0.05, 0.1) is 18.7 Å². The van der Waals surface area contributed by atoms with Gasteiger partial charge in [-0.05, 0) is 38.6 Å². The molecule has 122 valence electrons. The van der Waals surface area contributed by atoms with Gasteiger partial charge in [0, 0.05) is 6.04 Å². The minimum Gasteiger partial charge on any atom is -0.394 e. The second-order valence-electron chi connectivity index (χ2n) is 6.93. The molecule has 0 radical (unpaired) electrons. The smallest absolute Gasteiger partial charge is 0.234 e. The van der Waals surface area contributed by atoms with Crippen molar-refractivity contribution < 1.29 is 9.90 Å². The molecule has 2 fully saturated rings. The van der Waals surface area contributed by atoms with Crippen LogP contribution in [0.15, 0.2) is 0 Å². The van der Waals surface area contributed by atoms with E-state index in [0.717, 1.165) is 38.6 Å². The van der Waals surface area contributed by atoms with Gasteiger partial charge in [-0.25, -0.2) is 0 Å². The highest BCUT2D eigenvalue weighted by molar-refractivity contribution is 5.79. The zero-order valence-electron chi connectivity index (χ0n) is 13.6. The fourth-order valence-corrected chi connectivity index (χ4v) is 3.98. The largest absolute Gasteiger partial charge is 0.394 e. The van der Waals surface area contributed by atoms with Crippen molar-refractivity contribution in [3.63, 3.8) is 0 Å². The van der Waals surface area contributed by atoms with Crippen LogP contribution >= 0.6 is 0 Å². The summed E-state index contributed by atoms with van der Waals surface area (Å²) < 4.78 is 0. The van der Waals surface area contributed by atoms with E-state index in [-0.39, 0.29) is 18.1 Å². The zero-order valence-corrected chi connectivity index (χ0v) is 13.6. The van der Waals surface area contributed by atoms with E-state index in [1.807, 2.05) is 0 Å². The zero-order chi connectivity index (χ0) is 15.1. The molecule has 0 bridgehead atoms. The van der Waals surface area contributed by atoms with Crippen LogP contribution < -0.4 is 5.32 Å². The number of carbonyl (C=O) groups is 1.